The Labute approximate surface area is 118 Å². The lowest BCUT2D eigenvalue weighted by atomic mass is 10.1. The van der Waals surface area contributed by atoms with Crippen LogP contribution < -0.4 is 4.90 Å². The van der Waals surface area contributed by atoms with E-state index in [0.29, 0.717) is 17.5 Å². The van der Waals surface area contributed by atoms with Crippen molar-refractivity contribution in [3.05, 3.63) is 29.8 Å². The molecule has 0 radical (unpaired) electrons. The molecule has 108 valence electrons. The maximum absolute atomic E-state index is 12.3. The molecule has 1 N–H and O–H groups in total. The third kappa shape index (κ3) is 2.92. The molecule has 1 aliphatic rings. The van der Waals surface area contributed by atoms with Gasteiger partial charge < -0.3 is 10.0 Å². The van der Waals surface area contributed by atoms with Crippen LogP contribution in [-0.4, -0.2) is 42.6 Å². The summed E-state index contributed by atoms with van der Waals surface area (Å²) < 4.78 is 0. The van der Waals surface area contributed by atoms with Gasteiger partial charge in [-0.25, -0.2) is 9.59 Å². The first kappa shape index (κ1) is 14.4. The summed E-state index contributed by atoms with van der Waals surface area (Å²) in [5, 5.41) is 9.17. The van der Waals surface area contributed by atoms with E-state index in [2.05, 4.69) is 6.92 Å². The van der Waals surface area contributed by atoms with E-state index in [1.807, 2.05) is 0 Å². The number of hydrogen-bond donors (Lipinski definition) is 1. The second kappa shape index (κ2) is 5.53. The summed E-state index contributed by atoms with van der Waals surface area (Å²) in [6.45, 7) is 2.89. The first-order valence-corrected chi connectivity index (χ1v) is 6.73. The Morgan fingerprint density at radius 3 is 2.45 bits per heavy atom. The Kier molecular flexibility index (Phi) is 3.97. The smallest absolute Gasteiger partial charge is 0.337 e. The molecule has 5 heteroatoms. The van der Waals surface area contributed by atoms with Gasteiger partial charge in [0.1, 0.15) is 0 Å². The van der Waals surface area contributed by atoms with E-state index in [1.54, 1.807) is 37.2 Å². The van der Waals surface area contributed by atoms with Gasteiger partial charge in [0.2, 0.25) is 0 Å². The van der Waals surface area contributed by atoms with E-state index < -0.39 is 5.97 Å². The summed E-state index contributed by atoms with van der Waals surface area (Å²) in [4.78, 5) is 26.6. The van der Waals surface area contributed by atoms with Crippen molar-refractivity contribution in [3.63, 3.8) is 0 Å². The van der Waals surface area contributed by atoms with Crippen molar-refractivity contribution in [2.24, 2.45) is 11.8 Å². The largest absolute Gasteiger partial charge is 0.478 e. The van der Waals surface area contributed by atoms with E-state index in [9.17, 15) is 14.7 Å². The number of carbonyl (C=O) groups excluding carboxylic acids is 1. The predicted octanol–water partition coefficient (Wildman–Crippen LogP) is 2.53. The van der Waals surface area contributed by atoms with Crippen molar-refractivity contribution in [2.45, 2.75) is 13.3 Å². The van der Waals surface area contributed by atoms with Crippen LogP contribution >= 0.6 is 0 Å². The number of carboxylic acid groups (broad SMARTS) is 1. The first-order chi connectivity index (χ1) is 9.41. The van der Waals surface area contributed by atoms with Gasteiger partial charge in [-0.15, -0.1) is 0 Å². The molecular weight excluding hydrogens is 256 g/mol. The normalized spacial score (nSPS) is 20.4. The zero-order valence-corrected chi connectivity index (χ0v) is 12.0. The Morgan fingerprint density at radius 1 is 1.30 bits per heavy atom. The Hall–Kier alpha value is -2.04. The van der Waals surface area contributed by atoms with Gasteiger partial charge in [0.25, 0.3) is 0 Å². The molecule has 0 aromatic heterocycles. The van der Waals surface area contributed by atoms with Gasteiger partial charge in [-0.2, -0.15) is 0 Å². The van der Waals surface area contributed by atoms with Crippen LogP contribution in [0.5, 0.6) is 0 Å². The molecule has 2 atom stereocenters. The molecule has 5 nitrogen and oxygen atoms in total. The molecular formula is C15H20N2O3. The van der Waals surface area contributed by atoms with E-state index in [0.717, 1.165) is 13.0 Å². The lowest BCUT2D eigenvalue weighted by molar-refractivity contribution is 0.0697. The highest BCUT2D eigenvalue weighted by Crippen LogP contribution is 2.38. The van der Waals surface area contributed by atoms with Gasteiger partial charge in [0, 0.05) is 20.6 Å². The summed E-state index contributed by atoms with van der Waals surface area (Å²) in [7, 11) is 3.37. The summed E-state index contributed by atoms with van der Waals surface area (Å²) >= 11 is 0. The highest BCUT2D eigenvalue weighted by atomic mass is 16.4. The number of amides is 2. The fraction of sp³-hybridized carbons (Fsp3) is 0.467. The fourth-order valence-electron chi connectivity index (χ4n) is 2.39. The molecule has 2 rings (SSSR count). The summed E-state index contributed by atoms with van der Waals surface area (Å²) in [6, 6.07) is 6.35. The van der Waals surface area contributed by atoms with Crippen LogP contribution in [0.1, 0.15) is 23.7 Å². The van der Waals surface area contributed by atoms with Crippen LogP contribution in [0, 0.1) is 11.8 Å². The number of urea groups is 1. The van der Waals surface area contributed by atoms with Crippen LogP contribution in [0.15, 0.2) is 24.3 Å². The van der Waals surface area contributed by atoms with Crippen molar-refractivity contribution < 1.29 is 14.7 Å². The van der Waals surface area contributed by atoms with Gasteiger partial charge in [-0.05, 0) is 30.4 Å². The Balaban J connectivity index is 2.12. The molecule has 20 heavy (non-hydrogen) atoms. The highest BCUT2D eigenvalue weighted by Gasteiger charge is 2.35. The van der Waals surface area contributed by atoms with Crippen LogP contribution in [0.3, 0.4) is 0 Å². The standard InChI is InChI=1S/C15H20N2O3/c1-10-8-11(10)9-16(2)15(20)17(3)13-7-5-4-6-12(13)14(18)19/h4-7,10-11H,8-9H2,1-3H3,(H,18,19). The van der Waals surface area contributed by atoms with Gasteiger partial charge in [-0.3, -0.25) is 4.90 Å². The van der Waals surface area contributed by atoms with Gasteiger partial charge >= 0.3 is 12.0 Å². The van der Waals surface area contributed by atoms with Crippen LogP contribution in [0.25, 0.3) is 0 Å². The number of aromatic carboxylic acids is 1. The minimum Gasteiger partial charge on any atom is -0.478 e. The predicted molar refractivity (Wildman–Crippen MR) is 77.1 cm³/mol. The third-order valence-electron chi connectivity index (χ3n) is 3.89. The lowest BCUT2D eigenvalue weighted by Crippen LogP contribution is -2.40. The maximum Gasteiger partial charge on any atom is 0.337 e. The monoisotopic (exact) mass is 276 g/mol. The zero-order valence-electron chi connectivity index (χ0n) is 12.0. The van der Waals surface area contributed by atoms with Crippen LogP contribution in [0.2, 0.25) is 0 Å². The van der Waals surface area contributed by atoms with Crippen molar-refractivity contribution in [1.29, 1.82) is 0 Å². The minimum absolute atomic E-state index is 0.136. The van der Waals surface area contributed by atoms with Crippen molar-refractivity contribution >= 4 is 17.7 Å². The van der Waals surface area contributed by atoms with Gasteiger partial charge in [0.15, 0.2) is 0 Å². The molecule has 1 aliphatic carbocycles. The summed E-state index contributed by atoms with van der Waals surface area (Å²) in [5.41, 5.74) is 0.553. The topological polar surface area (TPSA) is 60.9 Å². The second-order valence-electron chi connectivity index (χ2n) is 5.52. The number of carboxylic acids is 1. The van der Waals surface area contributed by atoms with Crippen molar-refractivity contribution in [2.75, 3.05) is 25.5 Å². The average Bonchev–Trinajstić information content (AvgIpc) is 3.12. The van der Waals surface area contributed by atoms with Gasteiger partial charge in [0.05, 0.1) is 11.3 Å². The molecule has 0 aliphatic heterocycles. The maximum atomic E-state index is 12.3. The van der Waals surface area contributed by atoms with E-state index in [1.165, 1.54) is 11.0 Å². The molecule has 0 saturated heterocycles. The van der Waals surface area contributed by atoms with Crippen LogP contribution in [-0.2, 0) is 0 Å². The first-order valence-electron chi connectivity index (χ1n) is 6.73. The van der Waals surface area contributed by atoms with Crippen LogP contribution in [0.4, 0.5) is 10.5 Å². The summed E-state index contributed by atoms with van der Waals surface area (Å²) in [5.74, 6) is 0.229. The second-order valence-corrected chi connectivity index (χ2v) is 5.52. The average molecular weight is 276 g/mol. The van der Waals surface area contributed by atoms with E-state index in [-0.39, 0.29) is 11.6 Å². The Bertz CT molecular complexity index is 530. The van der Waals surface area contributed by atoms with Crippen molar-refractivity contribution in [3.8, 4) is 0 Å². The SMILES string of the molecule is CC1CC1CN(C)C(=O)N(C)c1ccccc1C(=O)O. The fourth-order valence-corrected chi connectivity index (χ4v) is 2.39. The van der Waals surface area contributed by atoms with E-state index >= 15 is 0 Å². The third-order valence-corrected chi connectivity index (χ3v) is 3.89. The lowest BCUT2D eigenvalue weighted by Gasteiger charge is -2.26. The number of hydrogen-bond acceptors (Lipinski definition) is 2. The molecule has 0 bridgehead atoms. The van der Waals surface area contributed by atoms with Crippen molar-refractivity contribution in [1.82, 2.24) is 4.90 Å². The molecule has 2 amide bonds. The quantitative estimate of drug-likeness (QED) is 0.919. The molecule has 1 saturated carbocycles. The number of para-hydroxylation sites is 1. The summed E-state index contributed by atoms with van der Waals surface area (Å²) in [6.07, 6.45) is 1.16. The molecule has 1 fully saturated rings. The number of carbonyl (C=O) groups is 2. The van der Waals surface area contributed by atoms with E-state index in [4.69, 9.17) is 0 Å². The molecule has 1 aromatic carbocycles. The number of anilines is 1. The molecule has 2 unspecified atom stereocenters. The molecule has 1 aromatic rings. The van der Waals surface area contributed by atoms with Gasteiger partial charge in [-0.1, -0.05) is 19.1 Å². The minimum atomic E-state index is -1.03. The number of rotatable bonds is 4. The number of benzene rings is 1. The molecule has 0 heterocycles. The molecule has 0 spiro atoms. The zero-order chi connectivity index (χ0) is 14.9. The number of nitrogens with zero attached hydrogens (tertiary/aromatic N) is 2. The highest BCUT2D eigenvalue weighted by molar-refractivity contribution is 6.01. The Morgan fingerprint density at radius 2 is 1.90 bits per heavy atom.